The van der Waals surface area contributed by atoms with Crippen LogP contribution in [0.5, 0.6) is 0 Å². The molecule has 0 saturated heterocycles. The number of carbonyl (C=O) groups is 1. The Bertz CT molecular complexity index is 233. The Morgan fingerprint density at radius 3 is 2.12 bits per heavy atom. The summed E-state index contributed by atoms with van der Waals surface area (Å²) in [5.74, 6) is 1.19. The van der Waals surface area contributed by atoms with Crippen LogP contribution in [-0.4, -0.2) is 10.6 Å². The highest BCUT2D eigenvalue weighted by Crippen LogP contribution is 2.36. The molecule has 0 aromatic carbocycles. The Morgan fingerprint density at radius 2 is 1.76 bits per heavy atom. The molecule has 0 radical (unpaired) electrons. The molecule has 0 rings (SSSR count). The van der Waals surface area contributed by atoms with Gasteiger partial charge in [-0.15, -0.1) is 0 Å². The molecule has 102 valence electrons. The monoisotopic (exact) mass is 304 g/mol. The molecule has 0 heterocycles. The molecule has 0 fully saturated rings. The number of halogens is 1. The standard InChI is InChI=1S/C15H29BrO/c1-7-8-14(16)13(12(4)17)10-15(5,6)9-11(2)3/h11,13-14H,7-10H2,1-6H3. The fourth-order valence-corrected chi connectivity index (χ4v) is 3.80. The van der Waals surface area contributed by atoms with E-state index in [1.165, 1.54) is 6.42 Å². The molecule has 2 unspecified atom stereocenters. The molecule has 0 aromatic heterocycles. The average Bonchev–Trinajstić information content (AvgIpc) is 2.12. The molecule has 0 spiro atoms. The first-order valence-corrected chi connectivity index (χ1v) is 7.75. The lowest BCUT2D eigenvalue weighted by Gasteiger charge is -2.32. The summed E-state index contributed by atoms with van der Waals surface area (Å²) in [6, 6.07) is 0. The highest BCUT2D eigenvalue weighted by molar-refractivity contribution is 9.09. The van der Waals surface area contributed by atoms with E-state index < -0.39 is 0 Å². The molecule has 17 heavy (non-hydrogen) atoms. The Hall–Kier alpha value is 0.150. The van der Waals surface area contributed by atoms with Crippen LogP contribution in [-0.2, 0) is 4.79 Å². The zero-order valence-electron chi connectivity index (χ0n) is 12.3. The van der Waals surface area contributed by atoms with Crippen LogP contribution in [0.4, 0.5) is 0 Å². The fourth-order valence-electron chi connectivity index (χ4n) is 2.79. The molecule has 0 N–H and O–H groups in total. The third kappa shape index (κ3) is 7.23. The molecule has 0 aliphatic heterocycles. The smallest absolute Gasteiger partial charge is 0.134 e. The summed E-state index contributed by atoms with van der Waals surface area (Å²) in [5, 5.41) is 0. The summed E-state index contributed by atoms with van der Waals surface area (Å²) in [5.41, 5.74) is 0.254. The van der Waals surface area contributed by atoms with Gasteiger partial charge in [0.15, 0.2) is 0 Å². The second-order valence-electron chi connectivity index (χ2n) is 6.49. The second-order valence-corrected chi connectivity index (χ2v) is 7.66. The van der Waals surface area contributed by atoms with E-state index >= 15 is 0 Å². The van der Waals surface area contributed by atoms with Crippen LogP contribution in [0, 0.1) is 17.3 Å². The Morgan fingerprint density at radius 1 is 1.24 bits per heavy atom. The van der Waals surface area contributed by atoms with Gasteiger partial charge >= 0.3 is 0 Å². The zero-order valence-corrected chi connectivity index (χ0v) is 13.9. The van der Waals surface area contributed by atoms with Crippen molar-refractivity contribution >= 4 is 21.7 Å². The van der Waals surface area contributed by atoms with Crippen molar-refractivity contribution < 1.29 is 4.79 Å². The molecule has 2 atom stereocenters. The maximum Gasteiger partial charge on any atom is 0.134 e. The first-order chi connectivity index (χ1) is 7.69. The van der Waals surface area contributed by atoms with Crippen LogP contribution >= 0.6 is 15.9 Å². The van der Waals surface area contributed by atoms with E-state index in [-0.39, 0.29) is 11.3 Å². The van der Waals surface area contributed by atoms with Gasteiger partial charge in [-0.05, 0) is 37.5 Å². The van der Waals surface area contributed by atoms with Gasteiger partial charge < -0.3 is 0 Å². The van der Waals surface area contributed by atoms with Crippen LogP contribution < -0.4 is 0 Å². The largest absolute Gasteiger partial charge is 0.300 e. The average molecular weight is 305 g/mol. The summed E-state index contributed by atoms with van der Waals surface area (Å²) in [6.07, 6.45) is 4.39. The minimum Gasteiger partial charge on any atom is -0.300 e. The SMILES string of the molecule is CCCC(Br)C(CC(C)(C)CC(C)C)C(C)=O. The number of rotatable bonds is 8. The highest BCUT2D eigenvalue weighted by atomic mass is 79.9. The third-order valence-corrected chi connectivity index (χ3v) is 4.35. The molecule has 0 aliphatic carbocycles. The van der Waals surface area contributed by atoms with Crippen molar-refractivity contribution in [1.29, 1.82) is 0 Å². The van der Waals surface area contributed by atoms with Crippen molar-refractivity contribution in [3.8, 4) is 0 Å². The molecule has 1 nitrogen and oxygen atoms in total. The fraction of sp³-hybridized carbons (Fsp3) is 0.933. The Kier molecular flexibility index (Phi) is 7.62. The van der Waals surface area contributed by atoms with E-state index in [2.05, 4.69) is 50.5 Å². The van der Waals surface area contributed by atoms with E-state index in [9.17, 15) is 4.79 Å². The van der Waals surface area contributed by atoms with Crippen molar-refractivity contribution in [2.75, 3.05) is 0 Å². The molecule has 2 heteroatoms. The van der Waals surface area contributed by atoms with E-state index in [0.717, 1.165) is 19.3 Å². The predicted molar refractivity (Wildman–Crippen MR) is 79.6 cm³/mol. The van der Waals surface area contributed by atoms with Crippen LogP contribution in [0.2, 0.25) is 0 Å². The number of hydrogen-bond acceptors (Lipinski definition) is 1. The van der Waals surface area contributed by atoms with Crippen molar-refractivity contribution in [3.63, 3.8) is 0 Å². The van der Waals surface area contributed by atoms with Crippen LogP contribution in [0.3, 0.4) is 0 Å². The normalized spacial score (nSPS) is 16.0. The Balaban J connectivity index is 4.58. The quantitative estimate of drug-likeness (QED) is 0.562. The molecular formula is C15H29BrO. The summed E-state index contributed by atoms with van der Waals surface area (Å²) in [4.78, 5) is 12.1. The van der Waals surface area contributed by atoms with Gasteiger partial charge in [0, 0.05) is 10.7 Å². The van der Waals surface area contributed by atoms with Gasteiger partial charge in [-0.25, -0.2) is 0 Å². The summed E-state index contributed by atoms with van der Waals surface area (Å²) in [6.45, 7) is 13.0. The second kappa shape index (κ2) is 7.56. The molecule has 0 aromatic rings. The molecule has 0 saturated carbocycles. The van der Waals surface area contributed by atoms with Crippen molar-refractivity contribution in [1.82, 2.24) is 0 Å². The summed E-state index contributed by atoms with van der Waals surface area (Å²) >= 11 is 3.70. The van der Waals surface area contributed by atoms with Crippen molar-refractivity contribution in [2.45, 2.75) is 72.1 Å². The lowest BCUT2D eigenvalue weighted by Crippen LogP contribution is -2.29. The maximum atomic E-state index is 11.8. The lowest BCUT2D eigenvalue weighted by molar-refractivity contribution is -0.121. The number of carbonyl (C=O) groups excluding carboxylic acids is 1. The van der Waals surface area contributed by atoms with Crippen molar-refractivity contribution in [3.05, 3.63) is 0 Å². The third-order valence-electron chi connectivity index (χ3n) is 3.26. The molecule has 0 amide bonds. The van der Waals surface area contributed by atoms with Crippen LogP contribution in [0.25, 0.3) is 0 Å². The van der Waals surface area contributed by atoms with Gasteiger partial charge in [0.25, 0.3) is 0 Å². The first-order valence-electron chi connectivity index (χ1n) is 6.84. The van der Waals surface area contributed by atoms with Gasteiger partial charge in [0.2, 0.25) is 0 Å². The maximum absolute atomic E-state index is 11.8. The number of ketones is 1. The molecular weight excluding hydrogens is 276 g/mol. The summed E-state index contributed by atoms with van der Waals surface area (Å²) < 4.78 is 0. The zero-order chi connectivity index (χ0) is 13.6. The van der Waals surface area contributed by atoms with E-state index in [0.29, 0.717) is 16.5 Å². The van der Waals surface area contributed by atoms with Gasteiger partial charge in [0.05, 0.1) is 0 Å². The van der Waals surface area contributed by atoms with E-state index in [1.807, 2.05) is 0 Å². The topological polar surface area (TPSA) is 17.1 Å². The van der Waals surface area contributed by atoms with Crippen LogP contribution in [0.1, 0.15) is 67.2 Å². The molecule has 0 aliphatic rings. The van der Waals surface area contributed by atoms with E-state index in [4.69, 9.17) is 0 Å². The minimum atomic E-state index is 0.170. The lowest BCUT2D eigenvalue weighted by atomic mass is 9.75. The number of hydrogen-bond donors (Lipinski definition) is 0. The summed E-state index contributed by atoms with van der Waals surface area (Å²) in [7, 11) is 0. The number of Topliss-reactive ketones (excluding diaryl/α,β-unsaturated/α-hetero) is 1. The molecule has 0 bridgehead atoms. The van der Waals surface area contributed by atoms with Crippen molar-refractivity contribution in [2.24, 2.45) is 17.3 Å². The van der Waals surface area contributed by atoms with Gasteiger partial charge in [-0.2, -0.15) is 0 Å². The predicted octanol–water partition coefficient (Wildman–Crippen LogP) is 5.22. The van der Waals surface area contributed by atoms with Gasteiger partial charge in [-0.1, -0.05) is 57.0 Å². The first kappa shape index (κ1) is 17.2. The minimum absolute atomic E-state index is 0.170. The van der Waals surface area contributed by atoms with Gasteiger partial charge in [0.1, 0.15) is 5.78 Å². The van der Waals surface area contributed by atoms with Crippen LogP contribution in [0.15, 0.2) is 0 Å². The highest BCUT2D eigenvalue weighted by Gasteiger charge is 2.30. The van der Waals surface area contributed by atoms with E-state index in [1.54, 1.807) is 6.92 Å². The van der Waals surface area contributed by atoms with Gasteiger partial charge in [-0.3, -0.25) is 4.79 Å². The number of alkyl halides is 1. The Labute approximate surface area is 116 Å².